The largest absolute Gasteiger partial charge is 0.477 e. The van der Waals surface area contributed by atoms with Crippen molar-refractivity contribution < 1.29 is 42.9 Å². The molecule has 0 amide bonds. The number of carbonyl (C=O) groups excluding carboxylic acids is 2. The fraction of sp³-hybridized carbons (Fsp3) is 0.625. The van der Waals surface area contributed by atoms with Crippen molar-refractivity contribution in [2.75, 3.05) is 47.5 Å². The van der Waals surface area contributed by atoms with Crippen molar-refractivity contribution in [1.82, 2.24) is 0 Å². The van der Waals surface area contributed by atoms with Gasteiger partial charge in [-0.05, 0) is 135 Å². The number of aliphatic carboxylic acids is 1. The Labute approximate surface area is 596 Å². The summed E-state index contributed by atoms with van der Waals surface area (Å²) < 4.78 is 23.0. The van der Waals surface area contributed by atoms with Crippen LogP contribution in [-0.2, 0) is 33.3 Å². The molecule has 1 N–H and O–H groups in total. The molecule has 0 rings (SSSR count). The molecule has 97 heavy (non-hydrogen) atoms. The number of carboxylic acids is 1. The van der Waals surface area contributed by atoms with Gasteiger partial charge in [0.15, 0.2) is 6.10 Å². The van der Waals surface area contributed by atoms with Crippen LogP contribution >= 0.6 is 0 Å². The number of unbranched alkanes of at least 4 members (excludes halogenated alkanes) is 25. The summed E-state index contributed by atoms with van der Waals surface area (Å²) in [5, 5.41) is 9.77. The van der Waals surface area contributed by atoms with Crippen LogP contribution in [0.3, 0.4) is 0 Å². The number of likely N-dealkylation sites (N-methyl/N-ethyl adjacent to an activating group) is 1. The van der Waals surface area contributed by atoms with E-state index < -0.39 is 24.3 Å². The molecule has 0 spiro atoms. The number of carboxylic acid groups (broad SMARTS) is 1. The van der Waals surface area contributed by atoms with Crippen molar-refractivity contribution in [2.24, 2.45) is 0 Å². The van der Waals surface area contributed by atoms with Gasteiger partial charge in [0, 0.05) is 12.8 Å². The van der Waals surface area contributed by atoms with E-state index in [4.69, 9.17) is 18.9 Å². The van der Waals surface area contributed by atoms with Gasteiger partial charge in [-0.1, -0.05) is 331 Å². The molecule has 0 saturated carbocycles. The van der Waals surface area contributed by atoms with Crippen molar-refractivity contribution in [2.45, 2.75) is 309 Å². The van der Waals surface area contributed by atoms with Crippen molar-refractivity contribution in [3.63, 3.8) is 0 Å². The Morgan fingerprint density at radius 2 is 0.557 bits per heavy atom. The van der Waals surface area contributed by atoms with Crippen molar-refractivity contribution >= 4 is 17.9 Å². The first-order valence-corrected chi connectivity index (χ1v) is 38.9. The molecular formula is C88H144NO8+. The van der Waals surface area contributed by atoms with Crippen LogP contribution in [0.5, 0.6) is 0 Å². The summed E-state index contributed by atoms with van der Waals surface area (Å²) in [5.41, 5.74) is 0. The number of rotatable bonds is 70. The van der Waals surface area contributed by atoms with Gasteiger partial charge in [-0.15, -0.1) is 0 Å². The van der Waals surface area contributed by atoms with E-state index >= 15 is 0 Å². The van der Waals surface area contributed by atoms with Gasteiger partial charge in [-0.3, -0.25) is 9.59 Å². The maximum absolute atomic E-state index is 13.0. The lowest BCUT2D eigenvalue weighted by Crippen LogP contribution is -2.40. The van der Waals surface area contributed by atoms with E-state index in [1.165, 1.54) is 128 Å². The standard InChI is InChI=1S/C88H143NO8/c1-6-8-10-12-14-16-18-20-22-24-26-28-30-32-34-36-38-40-42-43-45-47-49-51-53-55-57-59-61-63-65-67-69-71-73-75-77-79-86(91)97-84(83-96-88(87(92)93)94-81-80-89(3,4)5)82-95-85(90)78-76-74-72-70-68-66-64-62-60-58-56-54-52-50-48-46-44-41-39-37-35-33-31-29-27-25-23-21-19-17-15-13-11-9-7-2/h8-11,14-17,20-23,26-29,32-35,38-41,43,45-46,48-49,51,84,88H,6-7,12-13,18-19,24-25,30-31,36-37,42,44,47,50,52-83H2,1-5H3/p+1/b10-8-,11-9-,16-14-,17-15-,22-20-,23-21-,28-26-,29-27-,34-32-,35-33-,40-38-,41-39-,45-43-,48-46-,51-49-. The minimum atomic E-state index is -1.52. The van der Waals surface area contributed by atoms with Crippen LogP contribution in [0.15, 0.2) is 182 Å². The van der Waals surface area contributed by atoms with Crippen molar-refractivity contribution in [3.05, 3.63) is 182 Å². The zero-order valence-corrected chi connectivity index (χ0v) is 62.7. The summed E-state index contributed by atoms with van der Waals surface area (Å²) in [4.78, 5) is 37.7. The molecule has 0 aromatic heterocycles. The number of ether oxygens (including phenoxy) is 4. The molecule has 0 bridgehead atoms. The van der Waals surface area contributed by atoms with E-state index in [0.717, 1.165) is 135 Å². The second kappa shape index (κ2) is 76.1. The van der Waals surface area contributed by atoms with E-state index in [2.05, 4.69) is 196 Å². The fourth-order valence-electron chi connectivity index (χ4n) is 10.3. The van der Waals surface area contributed by atoms with Gasteiger partial charge < -0.3 is 28.5 Å². The smallest absolute Gasteiger partial charge is 0.361 e. The lowest BCUT2D eigenvalue weighted by molar-refractivity contribution is -0.870. The van der Waals surface area contributed by atoms with E-state index in [1.54, 1.807) is 0 Å². The number of nitrogens with zero attached hydrogens (tertiary/aromatic N) is 1. The molecule has 2 atom stereocenters. The number of esters is 2. The highest BCUT2D eigenvalue weighted by atomic mass is 16.7. The van der Waals surface area contributed by atoms with Crippen LogP contribution in [0.25, 0.3) is 0 Å². The quantitative estimate of drug-likeness (QED) is 0.0211. The van der Waals surface area contributed by atoms with Crippen LogP contribution in [-0.4, -0.2) is 87.4 Å². The lowest BCUT2D eigenvalue weighted by atomic mass is 10.0. The summed E-state index contributed by atoms with van der Waals surface area (Å²) in [5.74, 6) is -2.02. The van der Waals surface area contributed by atoms with Crippen LogP contribution in [0.2, 0.25) is 0 Å². The second-order valence-electron chi connectivity index (χ2n) is 26.6. The summed E-state index contributed by atoms with van der Waals surface area (Å²) in [7, 11) is 5.97. The minimum absolute atomic E-state index is 0.180. The summed E-state index contributed by atoms with van der Waals surface area (Å²) in [6.45, 7) is 4.65. The van der Waals surface area contributed by atoms with Gasteiger partial charge in [0.05, 0.1) is 34.4 Å². The van der Waals surface area contributed by atoms with Gasteiger partial charge in [-0.25, -0.2) is 4.79 Å². The van der Waals surface area contributed by atoms with Crippen LogP contribution in [0, 0.1) is 0 Å². The molecule has 548 valence electrons. The van der Waals surface area contributed by atoms with E-state index in [0.29, 0.717) is 23.9 Å². The Balaban J connectivity index is 4.12. The molecule has 0 radical (unpaired) electrons. The molecule has 0 aliphatic heterocycles. The number of quaternary nitrogens is 1. The van der Waals surface area contributed by atoms with Crippen molar-refractivity contribution in [3.8, 4) is 0 Å². The molecule has 0 aliphatic rings. The number of carbonyl (C=O) groups is 3. The fourth-order valence-corrected chi connectivity index (χ4v) is 10.3. The van der Waals surface area contributed by atoms with Gasteiger partial charge in [0.2, 0.25) is 0 Å². The Bertz CT molecular complexity index is 2260. The third-order valence-electron chi connectivity index (χ3n) is 16.2. The Kier molecular flexibility index (Phi) is 71.7. The summed E-state index contributed by atoms with van der Waals surface area (Å²) in [6, 6.07) is 0. The molecule has 0 heterocycles. The number of hydrogen-bond acceptors (Lipinski definition) is 7. The SMILES string of the molecule is CC/C=C\C/C=C\C/C=C\C/C=C\C/C=C\C/C=C\C/C=C\C/C=C\CCCCCCCCCCCCCCC(=O)OC(COC(=O)CCCCCCCCCCCCCCC/C=C\C/C=C\C/C=C\C/C=C\C/C=C\C/C=C\C/C=C\CC)COC(OCC[N+](C)(C)C)C(=O)O. The molecule has 0 aliphatic carbocycles. The van der Waals surface area contributed by atoms with E-state index in [1.807, 2.05) is 21.1 Å². The molecular weight excluding hydrogens is 1200 g/mol. The molecule has 9 nitrogen and oxygen atoms in total. The number of allylic oxidation sites excluding steroid dienone is 30. The Hall–Kier alpha value is -5.61. The highest BCUT2D eigenvalue weighted by Gasteiger charge is 2.25. The lowest BCUT2D eigenvalue weighted by Gasteiger charge is -2.25. The molecule has 0 saturated heterocycles. The average Bonchev–Trinajstić information content (AvgIpc) is 3.11. The summed E-state index contributed by atoms with van der Waals surface area (Å²) >= 11 is 0. The highest BCUT2D eigenvalue weighted by Crippen LogP contribution is 2.17. The zero-order valence-electron chi connectivity index (χ0n) is 62.7. The van der Waals surface area contributed by atoms with Gasteiger partial charge >= 0.3 is 17.9 Å². The van der Waals surface area contributed by atoms with Crippen LogP contribution in [0.1, 0.15) is 296 Å². The van der Waals surface area contributed by atoms with Gasteiger partial charge in [0.25, 0.3) is 6.29 Å². The molecule has 0 aromatic carbocycles. The molecule has 0 aromatic rings. The third kappa shape index (κ3) is 77.6. The normalized spacial score (nSPS) is 13.7. The maximum atomic E-state index is 13.0. The maximum Gasteiger partial charge on any atom is 0.361 e. The minimum Gasteiger partial charge on any atom is -0.477 e. The zero-order chi connectivity index (χ0) is 70.4. The first-order chi connectivity index (χ1) is 47.6. The predicted octanol–water partition coefficient (Wildman–Crippen LogP) is 25.1. The summed E-state index contributed by atoms with van der Waals surface area (Å²) in [6.07, 6.45) is 113. The average molecular weight is 1340 g/mol. The monoisotopic (exact) mass is 1340 g/mol. The van der Waals surface area contributed by atoms with Gasteiger partial charge in [-0.2, -0.15) is 0 Å². The van der Waals surface area contributed by atoms with Crippen LogP contribution < -0.4 is 0 Å². The predicted molar refractivity (Wildman–Crippen MR) is 419 cm³/mol. The van der Waals surface area contributed by atoms with E-state index in [9.17, 15) is 19.5 Å². The molecule has 9 heteroatoms. The number of hydrogen-bond donors (Lipinski definition) is 1. The Morgan fingerprint density at radius 1 is 0.309 bits per heavy atom. The first-order valence-electron chi connectivity index (χ1n) is 38.9. The van der Waals surface area contributed by atoms with E-state index in [-0.39, 0.29) is 32.2 Å². The second-order valence-corrected chi connectivity index (χ2v) is 26.6. The van der Waals surface area contributed by atoms with Crippen LogP contribution in [0.4, 0.5) is 0 Å². The third-order valence-corrected chi connectivity index (χ3v) is 16.2. The Morgan fingerprint density at radius 3 is 0.825 bits per heavy atom. The molecule has 2 unspecified atom stereocenters. The highest BCUT2D eigenvalue weighted by molar-refractivity contribution is 5.71. The topological polar surface area (TPSA) is 108 Å². The van der Waals surface area contributed by atoms with Crippen molar-refractivity contribution in [1.29, 1.82) is 0 Å². The van der Waals surface area contributed by atoms with Gasteiger partial charge in [0.1, 0.15) is 13.2 Å². The molecule has 0 fully saturated rings. The first kappa shape index (κ1) is 91.4.